The first kappa shape index (κ1) is 14.0. The third kappa shape index (κ3) is 4.83. The van der Waals surface area contributed by atoms with Crippen molar-refractivity contribution in [2.45, 2.75) is 20.8 Å². The summed E-state index contributed by atoms with van der Waals surface area (Å²) < 4.78 is 0. The van der Waals surface area contributed by atoms with Gasteiger partial charge in [0.05, 0.1) is 0 Å². The van der Waals surface area contributed by atoms with Crippen molar-refractivity contribution in [3.63, 3.8) is 0 Å². The van der Waals surface area contributed by atoms with Gasteiger partial charge in [-0.1, -0.05) is 34.9 Å². The van der Waals surface area contributed by atoms with Crippen molar-refractivity contribution in [3.05, 3.63) is 34.9 Å². The van der Waals surface area contributed by atoms with Gasteiger partial charge >= 0.3 is 23.1 Å². The van der Waals surface area contributed by atoms with Gasteiger partial charge in [0.15, 0.2) is 0 Å². The smallest absolute Gasteiger partial charge is 1.00 e. The molecule has 0 aliphatic heterocycles. The normalized spacial score (nSPS) is 7.91. The molecule has 2 heteroatoms. The van der Waals surface area contributed by atoms with Crippen LogP contribution in [0.25, 0.3) is 0 Å². The molecule has 0 heterocycles. The van der Waals surface area contributed by atoms with Crippen molar-refractivity contribution < 1.29 is 17.0 Å². The Balaban J connectivity index is 0. The summed E-state index contributed by atoms with van der Waals surface area (Å²) in [5.41, 5.74) is 4.06. The van der Waals surface area contributed by atoms with Crippen LogP contribution in [0, 0.1) is 20.8 Å². The zero-order valence-corrected chi connectivity index (χ0v) is 10.3. The quantitative estimate of drug-likeness (QED) is 0.508. The van der Waals surface area contributed by atoms with Gasteiger partial charge in [-0.05, 0) is 20.8 Å². The van der Waals surface area contributed by atoms with E-state index in [1.54, 1.807) is 0 Å². The summed E-state index contributed by atoms with van der Waals surface area (Å²) in [6, 6.07) is 6.56. The Bertz CT molecular complexity index is 170. The SMILES string of the molecule is Cc1cc(C)cc(C)c1.[Br-].[Mg+2]. The second-order valence-corrected chi connectivity index (χ2v) is 2.67. The summed E-state index contributed by atoms with van der Waals surface area (Å²) in [7, 11) is 0. The van der Waals surface area contributed by atoms with Crippen molar-refractivity contribution in [1.82, 2.24) is 0 Å². The van der Waals surface area contributed by atoms with Gasteiger partial charge in [-0.2, -0.15) is 0 Å². The molecule has 1 aromatic rings. The third-order valence-electron chi connectivity index (χ3n) is 1.37. The first-order chi connectivity index (χ1) is 4.18. The molecule has 0 saturated heterocycles. The number of aryl methyl sites for hydroxylation is 3. The molecule has 0 N–H and O–H groups in total. The summed E-state index contributed by atoms with van der Waals surface area (Å²) in [4.78, 5) is 0. The minimum absolute atomic E-state index is 0. The Kier molecular flexibility index (Phi) is 7.69. The van der Waals surface area contributed by atoms with E-state index in [2.05, 4.69) is 39.0 Å². The number of hydrogen-bond donors (Lipinski definition) is 0. The summed E-state index contributed by atoms with van der Waals surface area (Å²) in [6.07, 6.45) is 0. The van der Waals surface area contributed by atoms with Gasteiger partial charge < -0.3 is 17.0 Å². The average molecular weight is 224 g/mol. The second-order valence-electron chi connectivity index (χ2n) is 2.67. The molecule has 0 spiro atoms. The fraction of sp³-hybridized carbons (Fsp3) is 0.333. The number of halogens is 1. The van der Waals surface area contributed by atoms with Crippen LogP contribution in [-0.2, 0) is 0 Å². The number of benzene rings is 1. The summed E-state index contributed by atoms with van der Waals surface area (Å²) in [5, 5.41) is 0. The third-order valence-corrected chi connectivity index (χ3v) is 1.37. The van der Waals surface area contributed by atoms with E-state index in [-0.39, 0.29) is 40.0 Å². The zero-order chi connectivity index (χ0) is 6.85. The molecule has 56 valence electrons. The minimum Gasteiger partial charge on any atom is -1.00 e. The largest absolute Gasteiger partial charge is 2.00 e. The Morgan fingerprint density at radius 1 is 0.727 bits per heavy atom. The molecule has 1 aromatic carbocycles. The molecule has 1 rings (SSSR count). The van der Waals surface area contributed by atoms with Gasteiger partial charge in [0, 0.05) is 0 Å². The number of hydrogen-bond acceptors (Lipinski definition) is 0. The van der Waals surface area contributed by atoms with Gasteiger partial charge in [-0.15, -0.1) is 0 Å². The molecule has 0 amide bonds. The van der Waals surface area contributed by atoms with E-state index in [9.17, 15) is 0 Å². The molecule has 0 bridgehead atoms. The van der Waals surface area contributed by atoms with E-state index >= 15 is 0 Å². The average Bonchev–Trinajstić information content (AvgIpc) is 1.59. The van der Waals surface area contributed by atoms with Crippen molar-refractivity contribution in [2.75, 3.05) is 0 Å². The van der Waals surface area contributed by atoms with E-state index in [0.29, 0.717) is 0 Å². The van der Waals surface area contributed by atoms with Crippen LogP contribution in [0.5, 0.6) is 0 Å². The van der Waals surface area contributed by atoms with Crippen LogP contribution in [0.3, 0.4) is 0 Å². The summed E-state index contributed by atoms with van der Waals surface area (Å²) >= 11 is 0. The van der Waals surface area contributed by atoms with E-state index in [1.807, 2.05) is 0 Å². The molecule has 0 aromatic heterocycles. The number of rotatable bonds is 0. The van der Waals surface area contributed by atoms with E-state index in [0.717, 1.165) is 0 Å². The van der Waals surface area contributed by atoms with E-state index in [1.165, 1.54) is 16.7 Å². The molecular formula is C9H12BrMg+. The fourth-order valence-electron chi connectivity index (χ4n) is 1.20. The molecule has 11 heavy (non-hydrogen) atoms. The van der Waals surface area contributed by atoms with Gasteiger partial charge in [-0.25, -0.2) is 0 Å². The predicted molar refractivity (Wildman–Crippen MR) is 46.4 cm³/mol. The van der Waals surface area contributed by atoms with Gasteiger partial charge in [0.2, 0.25) is 0 Å². The van der Waals surface area contributed by atoms with Crippen LogP contribution in [-0.4, -0.2) is 23.1 Å². The molecule has 0 nitrogen and oxygen atoms in total. The standard InChI is InChI=1S/C9H12.BrH.Mg/c1-7-4-8(2)6-9(3)5-7;;/h4-6H,1-3H3;1H;/q;;+2/p-1. The molecular weight excluding hydrogens is 212 g/mol. The topological polar surface area (TPSA) is 0 Å². The second kappa shape index (κ2) is 6.03. The first-order valence-corrected chi connectivity index (χ1v) is 3.23. The van der Waals surface area contributed by atoms with Crippen LogP contribution < -0.4 is 17.0 Å². The van der Waals surface area contributed by atoms with Crippen molar-refractivity contribution in [2.24, 2.45) is 0 Å². The Morgan fingerprint density at radius 2 is 0.909 bits per heavy atom. The first-order valence-electron chi connectivity index (χ1n) is 3.23. The summed E-state index contributed by atoms with van der Waals surface area (Å²) in [5.74, 6) is 0. The van der Waals surface area contributed by atoms with E-state index < -0.39 is 0 Å². The molecule has 0 aliphatic rings. The minimum atomic E-state index is 0. The van der Waals surface area contributed by atoms with Crippen LogP contribution in [0.15, 0.2) is 18.2 Å². The predicted octanol–water partition coefficient (Wildman–Crippen LogP) is -0.765. The maximum atomic E-state index is 2.19. The van der Waals surface area contributed by atoms with Crippen LogP contribution in [0.4, 0.5) is 0 Å². The van der Waals surface area contributed by atoms with Crippen molar-refractivity contribution >= 4 is 23.1 Å². The Hall–Kier alpha value is 0.466. The van der Waals surface area contributed by atoms with Crippen LogP contribution >= 0.6 is 0 Å². The van der Waals surface area contributed by atoms with Gasteiger partial charge in [0.25, 0.3) is 0 Å². The Morgan fingerprint density at radius 3 is 1.09 bits per heavy atom. The zero-order valence-electron chi connectivity index (χ0n) is 7.32. The van der Waals surface area contributed by atoms with Crippen molar-refractivity contribution in [1.29, 1.82) is 0 Å². The summed E-state index contributed by atoms with van der Waals surface area (Å²) in [6.45, 7) is 6.38. The fourth-order valence-corrected chi connectivity index (χ4v) is 1.20. The maximum Gasteiger partial charge on any atom is 2.00 e. The van der Waals surface area contributed by atoms with Crippen LogP contribution in [0.2, 0.25) is 0 Å². The molecule has 0 radical (unpaired) electrons. The molecule has 0 atom stereocenters. The van der Waals surface area contributed by atoms with Gasteiger partial charge in [-0.3, -0.25) is 0 Å². The monoisotopic (exact) mass is 223 g/mol. The molecule has 0 saturated carbocycles. The van der Waals surface area contributed by atoms with Gasteiger partial charge in [0.1, 0.15) is 0 Å². The molecule has 0 aliphatic carbocycles. The Labute approximate surface area is 95.3 Å². The van der Waals surface area contributed by atoms with Crippen LogP contribution in [0.1, 0.15) is 16.7 Å². The van der Waals surface area contributed by atoms with E-state index in [4.69, 9.17) is 0 Å². The molecule has 0 fully saturated rings. The van der Waals surface area contributed by atoms with Crippen molar-refractivity contribution in [3.8, 4) is 0 Å². The molecule has 0 unspecified atom stereocenters. The maximum absolute atomic E-state index is 2.19.